The van der Waals surface area contributed by atoms with E-state index < -0.39 is 0 Å². The zero-order valence-corrected chi connectivity index (χ0v) is 10.1. The lowest BCUT2D eigenvalue weighted by atomic mass is 10.3. The molecule has 94 valence electrons. The molecule has 5 heteroatoms. The minimum atomic E-state index is -0.114. The van der Waals surface area contributed by atoms with E-state index in [1.165, 1.54) is 0 Å². The van der Waals surface area contributed by atoms with E-state index in [1.54, 1.807) is 17.9 Å². The third kappa shape index (κ3) is 3.28. The zero-order chi connectivity index (χ0) is 12.8. The lowest BCUT2D eigenvalue weighted by molar-refractivity contribution is -0.114. The van der Waals surface area contributed by atoms with Gasteiger partial charge in [-0.05, 0) is 24.3 Å². The molecule has 0 aliphatic heterocycles. The molecule has 0 saturated heterocycles. The van der Waals surface area contributed by atoms with E-state index in [0.717, 1.165) is 0 Å². The van der Waals surface area contributed by atoms with Crippen LogP contribution >= 0.6 is 0 Å². The summed E-state index contributed by atoms with van der Waals surface area (Å²) in [6.45, 7) is 0.200. The normalized spacial score (nSPS) is 9.83. The molecule has 0 unspecified atom stereocenters. The second-order valence-corrected chi connectivity index (χ2v) is 3.71. The van der Waals surface area contributed by atoms with E-state index >= 15 is 0 Å². The lowest BCUT2D eigenvalue weighted by Crippen LogP contribution is -2.26. The van der Waals surface area contributed by atoms with E-state index in [0.29, 0.717) is 11.4 Å². The van der Waals surface area contributed by atoms with Crippen molar-refractivity contribution in [1.82, 2.24) is 4.68 Å². The number of benzene rings is 1. The summed E-state index contributed by atoms with van der Waals surface area (Å²) < 4.78 is 6.81. The third-order valence-corrected chi connectivity index (χ3v) is 2.38. The lowest BCUT2D eigenvalue weighted by Gasteiger charge is -2.09. The number of carbonyl (C=O) groups excluding carboxylic acids is 1. The van der Waals surface area contributed by atoms with Gasteiger partial charge >= 0.3 is 0 Å². The molecule has 18 heavy (non-hydrogen) atoms. The van der Waals surface area contributed by atoms with Gasteiger partial charge in [-0.2, -0.15) is 0 Å². The van der Waals surface area contributed by atoms with Crippen LogP contribution in [0.5, 0.6) is 5.75 Å². The van der Waals surface area contributed by atoms with Gasteiger partial charge in [-0.15, -0.1) is 0 Å². The van der Waals surface area contributed by atoms with Crippen molar-refractivity contribution in [3.05, 3.63) is 48.8 Å². The fourth-order valence-corrected chi connectivity index (χ4v) is 1.51. The van der Waals surface area contributed by atoms with Gasteiger partial charge in [-0.25, -0.2) is 0 Å². The highest BCUT2D eigenvalue weighted by atomic mass is 16.5. The van der Waals surface area contributed by atoms with Crippen molar-refractivity contribution in [2.45, 2.75) is 0 Å². The molecule has 0 atom stereocenters. The molecule has 1 amide bonds. The predicted octanol–water partition coefficient (Wildman–Crippen LogP) is 1.68. The van der Waals surface area contributed by atoms with Gasteiger partial charge in [0.25, 0.3) is 0 Å². The molecule has 0 saturated carbocycles. The van der Waals surface area contributed by atoms with Crippen molar-refractivity contribution in [2.24, 2.45) is 0 Å². The Morgan fingerprint density at radius 1 is 1.28 bits per heavy atom. The van der Waals surface area contributed by atoms with E-state index in [9.17, 15) is 4.79 Å². The van der Waals surface area contributed by atoms with Crippen LogP contribution in [0.1, 0.15) is 0 Å². The maximum atomic E-state index is 11.7. The van der Waals surface area contributed by atoms with Gasteiger partial charge in [-0.1, -0.05) is 6.07 Å². The van der Waals surface area contributed by atoms with Gasteiger partial charge in [0.15, 0.2) is 0 Å². The number of hydrogen-bond donors (Lipinski definition) is 2. The fraction of sp³-hybridized carbons (Fsp3) is 0.154. The largest absolute Gasteiger partial charge is 0.497 e. The Labute approximate surface area is 105 Å². The SMILES string of the molecule is COc1cccc(NC(=O)CNn2cccc2)c1. The highest BCUT2D eigenvalue weighted by molar-refractivity contribution is 5.93. The predicted molar refractivity (Wildman–Crippen MR) is 70.3 cm³/mol. The summed E-state index contributed by atoms with van der Waals surface area (Å²) in [7, 11) is 1.59. The Morgan fingerprint density at radius 2 is 2.06 bits per heavy atom. The highest BCUT2D eigenvalue weighted by Gasteiger charge is 2.02. The Bertz CT molecular complexity index is 509. The molecule has 0 aliphatic rings. The first-order chi connectivity index (χ1) is 8.78. The van der Waals surface area contributed by atoms with Crippen LogP contribution in [-0.2, 0) is 4.79 Å². The van der Waals surface area contributed by atoms with Crippen molar-refractivity contribution in [2.75, 3.05) is 24.4 Å². The summed E-state index contributed by atoms with van der Waals surface area (Å²) in [5.74, 6) is 0.600. The van der Waals surface area contributed by atoms with Crippen molar-refractivity contribution in [3.63, 3.8) is 0 Å². The summed E-state index contributed by atoms with van der Waals surface area (Å²) in [5, 5.41) is 2.78. The average Bonchev–Trinajstić information content (AvgIpc) is 2.90. The Balaban J connectivity index is 1.86. The Morgan fingerprint density at radius 3 is 2.78 bits per heavy atom. The number of methoxy groups -OCH3 is 1. The Kier molecular flexibility index (Phi) is 3.86. The maximum Gasteiger partial charge on any atom is 0.245 e. The van der Waals surface area contributed by atoms with E-state index in [1.807, 2.05) is 42.7 Å². The molecule has 2 rings (SSSR count). The summed E-state index contributed by atoms with van der Waals surface area (Å²) in [5.41, 5.74) is 3.66. The molecule has 1 heterocycles. The smallest absolute Gasteiger partial charge is 0.245 e. The van der Waals surface area contributed by atoms with Crippen LogP contribution in [0, 0.1) is 0 Å². The van der Waals surface area contributed by atoms with Crippen LogP contribution in [0.4, 0.5) is 5.69 Å². The number of ether oxygens (including phenoxy) is 1. The monoisotopic (exact) mass is 245 g/mol. The molecule has 0 aliphatic carbocycles. The van der Waals surface area contributed by atoms with Gasteiger partial charge in [-0.3, -0.25) is 9.47 Å². The number of anilines is 1. The molecule has 0 bridgehead atoms. The molecular formula is C13H15N3O2. The molecule has 2 N–H and O–H groups in total. The van der Waals surface area contributed by atoms with E-state index in [2.05, 4.69) is 10.7 Å². The number of hydrogen-bond acceptors (Lipinski definition) is 3. The number of aromatic nitrogens is 1. The van der Waals surface area contributed by atoms with Gasteiger partial charge in [0, 0.05) is 24.1 Å². The fourth-order valence-electron chi connectivity index (χ4n) is 1.51. The van der Waals surface area contributed by atoms with Crippen molar-refractivity contribution >= 4 is 11.6 Å². The van der Waals surface area contributed by atoms with E-state index in [-0.39, 0.29) is 12.5 Å². The first-order valence-electron chi connectivity index (χ1n) is 5.58. The number of carbonyl (C=O) groups is 1. The number of amides is 1. The summed E-state index contributed by atoms with van der Waals surface area (Å²) in [4.78, 5) is 11.7. The summed E-state index contributed by atoms with van der Waals surface area (Å²) in [6, 6.07) is 11.0. The summed E-state index contributed by atoms with van der Waals surface area (Å²) >= 11 is 0. The minimum Gasteiger partial charge on any atom is -0.497 e. The quantitative estimate of drug-likeness (QED) is 0.842. The number of nitrogens with one attached hydrogen (secondary N) is 2. The van der Waals surface area contributed by atoms with Gasteiger partial charge < -0.3 is 15.5 Å². The van der Waals surface area contributed by atoms with Gasteiger partial charge in [0.1, 0.15) is 12.3 Å². The maximum absolute atomic E-state index is 11.7. The van der Waals surface area contributed by atoms with Crippen molar-refractivity contribution < 1.29 is 9.53 Å². The zero-order valence-electron chi connectivity index (χ0n) is 10.1. The molecule has 1 aromatic carbocycles. The molecule has 0 spiro atoms. The van der Waals surface area contributed by atoms with Crippen LogP contribution in [0.15, 0.2) is 48.8 Å². The molecule has 2 aromatic rings. The minimum absolute atomic E-state index is 0.114. The van der Waals surface area contributed by atoms with Crippen molar-refractivity contribution in [3.8, 4) is 5.75 Å². The standard InChI is InChI=1S/C13H15N3O2/c1-18-12-6-4-5-11(9-12)15-13(17)10-14-16-7-2-3-8-16/h2-9,14H,10H2,1H3,(H,15,17). The van der Waals surface area contributed by atoms with Crippen LogP contribution in [0.3, 0.4) is 0 Å². The van der Waals surface area contributed by atoms with Gasteiger partial charge in [0.05, 0.1) is 7.11 Å². The molecule has 5 nitrogen and oxygen atoms in total. The molecule has 0 fully saturated rings. The molecule has 0 radical (unpaired) electrons. The van der Waals surface area contributed by atoms with Crippen LogP contribution in [0.2, 0.25) is 0 Å². The average molecular weight is 245 g/mol. The molecule has 1 aromatic heterocycles. The Hall–Kier alpha value is -2.43. The second kappa shape index (κ2) is 5.77. The van der Waals surface area contributed by atoms with E-state index in [4.69, 9.17) is 4.74 Å². The van der Waals surface area contributed by atoms with Crippen molar-refractivity contribution in [1.29, 1.82) is 0 Å². The van der Waals surface area contributed by atoms with Crippen LogP contribution in [-0.4, -0.2) is 24.2 Å². The second-order valence-electron chi connectivity index (χ2n) is 3.71. The first kappa shape index (κ1) is 12.0. The number of rotatable bonds is 5. The van der Waals surface area contributed by atoms with Gasteiger partial charge in [0.2, 0.25) is 5.91 Å². The molecular weight excluding hydrogens is 230 g/mol. The van der Waals surface area contributed by atoms with Crippen LogP contribution < -0.4 is 15.5 Å². The van der Waals surface area contributed by atoms with Crippen LogP contribution in [0.25, 0.3) is 0 Å². The topological polar surface area (TPSA) is 55.3 Å². The third-order valence-electron chi connectivity index (χ3n) is 2.38. The number of nitrogens with zero attached hydrogens (tertiary/aromatic N) is 1. The summed E-state index contributed by atoms with van der Waals surface area (Å²) in [6.07, 6.45) is 3.66. The highest BCUT2D eigenvalue weighted by Crippen LogP contribution is 2.16. The first-order valence-corrected chi connectivity index (χ1v) is 5.58.